The summed E-state index contributed by atoms with van der Waals surface area (Å²) in [6, 6.07) is 7.25. The Morgan fingerprint density at radius 3 is 2.52 bits per heavy atom. The maximum atomic E-state index is 9.31. The normalized spacial score (nSPS) is 10.7. The van der Waals surface area contributed by atoms with Crippen LogP contribution in [-0.4, -0.2) is 34.1 Å². The molecule has 1 aromatic carbocycles. The first kappa shape index (κ1) is 15.6. The van der Waals surface area contributed by atoms with Gasteiger partial charge in [-0.3, -0.25) is 4.68 Å². The molecule has 0 aliphatic heterocycles. The van der Waals surface area contributed by atoms with E-state index >= 15 is 0 Å². The standard InChI is InChI=1S/C15H21BN2O3/c1-4-13-9-14(5-2)18(17-13)10-11-8-12(16(19)20)6-7-15(11)21-3/h6-9,19-20H,4-5,10H2,1-3H3. The molecular formula is C15H21BN2O3. The Morgan fingerprint density at radius 2 is 1.95 bits per heavy atom. The van der Waals surface area contributed by atoms with Crippen molar-refractivity contribution in [3.63, 3.8) is 0 Å². The number of nitrogens with zero attached hydrogens (tertiary/aromatic N) is 2. The molecule has 6 heteroatoms. The lowest BCUT2D eigenvalue weighted by atomic mass is 9.79. The first-order valence-electron chi connectivity index (χ1n) is 7.17. The number of ether oxygens (including phenoxy) is 1. The van der Waals surface area contributed by atoms with E-state index in [0.717, 1.165) is 35.5 Å². The topological polar surface area (TPSA) is 67.5 Å². The Kier molecular flexibility index (Phi) is 5.04. The smallest absolute Gasteiger partial charge is 0.488 e. The van der Waals surface area contributed by atoms with Crippen molar-refractivity contribution in [2.75, 3.05) is 7.11 Å². The third-order valence-electron chi connectivity index (χ3n) is 3.56. The van der Waals surface area contributed by atoms with Crippen LogP contribution in [0.1, 0.15) is 30.8 Å². The molecule has 0 fully saturated rings. The van der Waals surface area contributed by atoms with E-state index in [4.69, 9.17) is 4.74 Å². The molecule has 0 aliphatic carbocycles. The highest BCUT2D eigenvalue weighted by molar-refractivity contribution is 6.58. The lowest BCUT2D eigenvalue weighted by Gasteiger charge is -2.12. The maximum Gasteiger partial charge on any atom is 0.488 e. The summed E-state index contributed by atoms with van der Waals surface area (Å²) < 4.78 is 7.30. The average Bonchev–Trinajstić information content (AvgIpc) is 2.89. The quantitative estimate of drug-likeness (QED) is 0.770. The number of hydrogen-bond donors (Lipinski definition) is 2. The van der Waals surface area contributed by atoms with Crippen molar-refractivity contribution >= 4 is 12.6 Å². The molecule has 0 unspecified atom stereocenters. The Bertz CT molecular complexity index is 611. The van der Waals surface area contributed by atoms with Crippen LogP contribution in [0.3, 0.4) is 0 Å². The van der Waals surface area contributed by atoms with Gasteiger partial charge in [0.05, 0.1) is 19.3 Å². The summed E-state index contributed by atoms with van der Waals surface area (Å²) in [6.45, 7) is 4.72. The summed E-state index contributed by atoms with van der Waals surface area (Å²) >= 11 is 0. The van der Waals surface area contributed by atoms with Crippen LogP contribution in [0.25, 0.3) is 0 Å². The second-order valence-corrected chi connectivity index (χ2v) is 4.94. The summed E-state index contributed by atoms with van der Waals surface area (Å²) in [5.74, 6) is 0.718. The fourth-order valence-electron chi connectivity index (χ4n) is 2.35. The predicted molar refractivity (Wildman–Crippen MR) is 82.9 cm³/mol. The van der Waals surface area contributed by atoms with Gasteiger partial charge in [0.2, 0.25) is 0 Å². The fourth-order valence-corrected chi connectivity index (χ4v) is 2.35. The van der Waals surface area contributed by atoms with Crippen LogP contribution in [0.5, 0.6) is 5.75 Å². The lowest BCUT2D eigenvalue weighted by molar-refractivity contribution is 0.406. The molecule has 0 atom stereocenters. The average molecular weight is 288 g/mol. The molecule has 2 aromatic rings. The number of aryl methyl sites for hydroxylation is 2. The minimum Gasteiger partial charge on any atom is -0.496 e. The van der Waals surface area contributed by atoms with Crippen molar-refractivity contribution in [3.8, 4) is 5.75 Å². The Labute approximate surface area is 125 Å². The molecule has 0 radical (unpaired) electrons. The van der Waals surface area contributed by atoms with E-state index in [1.165, 1.54) is 0 Å². The minimum atomic E-state index is -1.48. The van der Waals surface area contributed by atoms with Gasteiger partial charge in [0.15, 0.2) is 0 Å². The predicted octanol–water partition coefficient (Wildman–Crippen LogP) is 0.745. The summed E-state index contributed by atoms with van der Waals surface area (Å²) in [4.78, 5) is 0. The zero-order valence-electron chi connectivity index (χ0n) is 12.7. The van der Waals surface area contributed by atoms with Gasteiger partial charge < -0.3 is 14.8 Å². The fraction of sp³-hybridized carbons (Fsp3) is 0.400. The van der Waals surface area contributed by atoms with Crippen LogP contribution in [-0.2, 0) is 19.4 Å². The van der Waals surface area contributed by atoms with E-state index in [2.05, 4.69) is 25.0 Å². The van der Waals surface area contributed by atoms with Crippen LogP contribution in [0.15, 0.2) is 24.3 Å². The molecule has 1 heterocycles. The van der Waals surface area contributed by atoms with Crippen molar-refractivity contribution in [2.45, 2.75) is 33.2 Å². The van der Waals surface area contributed by atoms with Gasteiger partial charge in [-0.2, -0.15) is 5.10 Å². The minimum absolute atomic E-state index is 0.451. The molecule has 1 aromatic heterocycles. The maximum absolute atomic E-state index is 9.31. The summed E-state index contributed by atoms with van der Waals surface area (Å²) in [5, 5.41) is 23.2. The number of hydrogen-bond acceptors (Lipinski definition) is 4. The van der Waals surface area contributed by atoms with Gasteiger partial charge in [0, 0.05) is 11.3 Å². The van der Waals surface area contributed by atoms with Crippen LogP contribution in [0.2, 0.25) is 0 Å². The molecule has 21 heavy (non-hydrogen) atoms. The Hall–Kier alpha value is -1.79. The number of rotatable bonds is 6. The van der Waals surface area contributed by atoms with Crippen LogP contribution >= 0.6 is 0 Å². The molecule has 0 saturated heterocycles. The molecule has 0 spiro atoms. The van der Waals surface area contributed by atoms with Gasteiger partial charge in [0.1, 0.15) is 5.75 Å². The van der Waals surface area contributed by atoms with Crippen LogP contribution in [0, 0.1) is 0 Å². The van der Waals surface area contributed by atoms with Crippen molar-refractivity contribution in [2.24, 2.45) is 0 Å². The SMILES string of the molecule is CCc1cc(CC)n(Cc2cc(B(O)O)ccc2OC)n1. The van der Waals surface area contributed by atoms with E-state index in [9.17, 15) is 10.0 Å². The monoisotopic (exact) mass is 288 g/mol. The summed E-state index contributed by atoms with van der Waals surface area (Å²) in [7, 11) is 0.124. The molecule has 112 valence electrons. The van der Waals surface area contributed by atoms with E-state index in [1.807, 2.05) is 4.68 Å². The van der Waals surface area contributed by atoms with Gasteiger partial charge in [-0.05, 0) is 30.4 Å². The highest BCUT2D eigenvalue weighted by Gasteiger charge is 2.15. The zero-order valence-corrected chi connectivity index (χ0v) is 12.7. The molecule has 2 N–H and O–H groups in total. The molecule has 5 nitrogen and oxygen atoms in total. The highest BCUT2D eigenvalue weighted by atomic mass is 16.5. The molecule has 0 aliphatic rings. The van der Waals surface area contributed by atoms with E-state index in [0.29, 0.717) is 12.0 Å². The molecule has 0 bridgehead atoms. The van der Waals surface area contributed by atoms with Crippen molar-refractivity contribution < 1.29 is 14.8 Å². The van der Waals surface area contributed by atoms with Crippen molar-refractivity contribution in [1.82, 2.24) is 9.78 Å². The zero-order chi connectivity index (χ0) is 15.4. The van der Waals surface area contributed by atoms with Crippen LogP contribution < -0.4 is 10.2 Å². The number of benzene rings is 1. The lowest BCUT2D eigenvalue weighted by Crippen LogP contribution is -2.30. The van der Waals surface area contributed by atoms with Gasteiger partial charge in [-0.25, -0.2) is 0 Å². The third-order valence-corrected chi connectivity index (χ3v) is 3.56. The second kappa shape index (κ2) is 6.78. The molecule has 0 saturated carbocycles. The van der Waals surface area contributed by atoms with Gasteiger partial charge in [-0.15, -0.1) is 0 Å². The number of aromatic nitrogens is 2. The summed E-state index contributed by atoms with van der Waals surface area (Å²) in [5.41, 5.74) is 3.54. The highest BCUT2D eigenvalue weighted by Crippen LogP contribution is 2.19. The first-order valence-corrected chi connectivity index (χ1v) is 7.17. The van der Waals surface area contributed by atoms with Gasteiger partial charge >= 0.3 is 7.12 Å². The van der Waals surface area contributed by atoms with Crippen molar-refractivity contribution in [1.29, 1.82) is 0 Å². The van der Waals surface area contributed by atoms with E-state index in [-0.39, 0.29) is 0 Å². The summed E-state index contributed by atoms with van der Waals surface area (Å²) in [6.07, 6.45) is 1.80. The van der Waals surface area contributed by atoms with Crippen LogP contribution in [0.4, 0.5) is 0 Å². The van der Waals surface area contributed by atoms with Crippen molar-refractivity contribution in [3.05, 3.63) is 41.2 Å². The van der Waals surface area contributed by atoms with Gasteiger partial charge in [0.25, 0.3) is 0 Å². The Morgan fingerprint density at radius 1 is 1.19 bits per heavy atom. The van der Waals surface area contributed by atoms with Gasteiger partial charge in [-0.1, -0.05) is 26.0 Å². The van der Waals surface area contributed by atoms with E-state index < -0.39 is 7.12 Å². The molecular weight excluding hydrogens is 267 g/mol. The third kappa shape index (κ3) is 3.46. The molecule has 2 rings (SSSR count). The second-order valence-electron chi connectivity index (χ2n) is 4.94. The molecule has 0 amide bonds. The largest absolute Gasteiger partial charge is 0.496 e. The number of methoxy groups -OCH3 is 1. The Balaban J connectivity index is 2.37. The first-order chi connectivity index (χ1) is 10.1. The van der Waals surface area contributed by atoms with E-state index in [1.54, 1.807) is 25.3 Å².